The third-order valence-corrected chi connectivity index (χ3v) is 6.22. The van der Waals surface area contributed by atoms with Gasteiger partial charge in [0.15, 0.2) is 9.84 Å². The topological polar surface area (TPSA) is 110 Å². The highest BCUT2D eigenvalue weighted by Gasteiger charge is 2.22. The van der Waals surface area contributed by atoms with Crippen LogP contribution >= 0.6 is 11.3 Å². The van der Waals surface area contributed by atoms with Crippen LogP contribution in [0.1, 0.15) is 35.8 Å². The molecule has 1 N–H and O–H groups in total. The lowest BCUT2D eigenvalue weighted by Crippen LogP contribution is -2.38. The average Bonchev–Trinajstić information content (AvgIpc) is 3.18. The molecule has 0 radical (unpaired) electrons. The van der Waals surface area contributed by atoms with Crippen molar-refractivity contribution in [3.8, 4) is 0 Å². The van der Waals surface area contributed by atoms with Gasteiger partial charge in [0.1, 0.15) is 0 Å². The summed E-state index contributed by atoms with van der Waals surface area (Å²) in [6.45, 7) is 5.95. The van der Waals surface area contributed by atoms with Crippen LogP contribution in [0.3, 0.4) is 0 Å². The highest BCUT2D eigenvalue weighted by Crippen LogP contribution is 2.24. The number of nitro groups is 1. The third-order valence-electron chi connectivity index (χ3n) is 4.43. The molecule has 2 aromatic rings. The van der Waals surface area contributed by atoms with Crippen molar-refractivity contribution in [1.82, 2.24) is 10.2 Å². The summed E-state index contributed by atoms with van der Waals surface area (Å²) in [5.74, 6) is -0.555. The van der Waals surface area contributed by atoms with Gasteiger partial charge in [0.05, 0.1) is 15.9 Å². The summed E-state index contributed by atoms with van der Waals surface area (Å²) >= 11 is 1.57. The molecule has 0 aliphatic heterocycles. The zero-order valence-corrected chi connectivity index (χ0v) is 17.5. The van der Waals surface area contributed by atoms with Crippen molar-refractivity contribution in [3.05, 3.63) is 56.3 Å². The fourth-order valence-corrected chi connectivity index (χ4v) is 4.30. The van der Waals surface area contributed by atoms with Gasteiger partial charge in [-0.05, 0) is 41.5 Å². The SMILES string of the molecule is CCN(CC)C(CNC(=O)c1cc([N+](=O)[O-])cc(S(C)(=O)=O)c1)c1ccsc1. The van der Waals surface area contributed by atoms with Gasteiger partial charge in [-0.2, -0.15) is 11.3 Å². The molecule has 0 saturated carbocycles. The molecular weight excluding hydrogens is 402 g/mol. The quantitative estimate of drug-likeness (QED) is 0.489. The number of amides is 1. The third kappa shape index (κ3) is 5.37. The van der Waals surface area contributed by atoms with Crippen LogP contribution in [0.25, 0.3) is 0 Å². The van der Waals surface area contributed by atoms with Crippen molar-refractivity contribution in [3.63, 3.8) is 0 Å². The number of sulfone groups is 1. The molecule has 1 heterocycles. The number of hydrogen-bond donors (Lipinski definition) is 1. The molecule has 1 atom stereocenters. The van der Waals surface area contributed by atoms with E-state index >= 15 is 0 Å². The number of likely N-dealkylation sites (N-methyl/N-ethyl adjacent to an activating group) is 1. The number of benzene rings is 1. The molecule has 0 fully saturated rings. The van der Waals surface area contributed by atoms with Crippen molar-refractivity contribution >= 4 is 32.8 Å². The second-order valence-corrected chi connectivity index (χ2v) is 9.04. The maximum absolute atomic E-state index is 12.6. The molecule has 0 aliphatic carbocycles. The minimum Gasteiger partial charge on any atom is -0.350 e. The molecule has 1 unspecified atom stereocenters. The molecular formula is C18H23N3O5S2. The van der Waals surface area contributed by atoms with Gasteiger partial charge in [-0.1, -0.05) is 13.8 Å². The predicted molar refractivity (Wildman–Crippen MR) is 109 cm³/mol. The summed E-state index contributed by atoms with van der Waals surface area (Å²) in [5, 5.41) is 17.9. The molecule has 0 saturated heterocycles. The molecule has 8 nitrogen and oxygen atoms in total. The number of carbonyl (C=O) groups excluding carboxylic acids is 1. The Morgan fingerprint density at radius 3 is 2.46 bits per heavy atom. The van der Waals surface area contributed by atoms with E-state index in [0.29, 0.717) is 6.54 Å². The molecule has 0 spiro atoms. The van der Waals surface area contributed by atoms with Gasteiger partial charge in [0, 0.05) is 30.5 Å². The Balaban J connectivity index is 2.28. The summed E-state index contributed by atoms with van der Waals surface area (Å²) < 4.78 is 23.6. The zero-order valence-electron chi connectivity index (χ0n) is 15.9. The summed E-state index contributed by atoms with van der Waals surface area (Å²) in [7, 11) is -3.69. The monoisotopic (exact) mass is 425 g/mol. The van der Waals surface area contributed by atoms with E-state index in [1.54, 1.807) is 11.3 Å². The maximum atomic E-state index is 12.6. The van der Waals surface area contributed by atoms with Gasteiger partial charge in [-0.15, -0.1) is 0 Å². The number of hydrogen-bond acceptors (Lipinski definition) is 7. The van der Waals surface area contributed by atoms with E-state index < -0.39 is 26.4 Å². The second-order valence-electron chi connectivity index (χ2n) is 6.25. The van der Waals surface area contributed by atoms with Crippen LogP contribution in [-0.2, 0) is 9.84 Å². The maximum Gasteiger partial charge on any atom is 0.271 e. The van der Waals surface area contributed by atoms with Gasteiger partial charge < -0.3 is 5.32 Å². The first-order chi connectivity index (χ1) is 13.2. The Hall–Kier alpha value is -2.30. The van der Waals surface area contributed by atoms with Crippen molar-refractivity contribution in [1.29, 1.82) is 0 Å². The number of non-ortho nitro benzene ring substituents is 1. The number of rotatable bonds is 9. The molecule has 0 bridgehead atoms. The van der Waals surface area contributed by atoms with E-state index in [1.165, 1.54) is 0 Å². The Labute approximate surface area is 168 Å². The number of nitrogens with zero attached hydrogens (tertiary/aromatic N) is 2. The summed E-state index contributed by atoms with van der Waals surface area (Å²) in [6, 6.07) is 5.15. The van der Waals surface area contributed by atoms with E-state index in [2.05, 4.69) is 10.2 Å². The Morgan fingerprint density at radius 1 is 1.29 bits per heavy atom. The Kier molecular flexibility index (Phi) is 7.28. The molecule has 1 aromatic carbocycles. The first-order valence-corrected chi connectivity index (χ1v) is 11.5. The number of carbonyl (C=O) groups is 1. The fourth-order valence-electron chi connectivity index (χ4n) is 2.91. The Bertz CT molecular complexity index is 938. The van der Waals surface area contributed by atoms with Crippen LogP contribution in [-0.4, -0.2) is 50.0 Å². The largest absolute Gasteiger partial charge is 0.350 e. The van der Waals surface area contributed by atoms with Crippen LogP contribution in [0.4, 0.5) is 5.69 Å². The highest BCUT2D eigenvalue weighted by atomic mass is 32.2. The first kappa shape index (κ1) is 22.0. The minimum atomic E-state index is -3.69. The summed E-state index contributed by atoms with van der Waals surface area (Å²) in [5.41, 5.74) is 0.578. The molecule has 0 aliphatic rings. The van der Waals surface area contributed by atoms with Crippen LogP contribution in [0.15, 0.2) is 39.9 Å². The van der Waals surface area contributed by atoms with Crippen LogP contribution in [0.2, 0.25) is 0 Å². The summed E-state index contributed by atoms with van der Waals surface area (Å²) in [6.07, 6.45) is 0.945. The van der Waals surface area contributed by atoms with E-state index in [4.69, 9.17) is 0 Å². The van der Waals surface area contributed by atoms with Crippen LogP contribution in [0.5, 0.6) is 0 Å². The van der Waals surface area contributed by atoms with Gasteiger partial charge in [-0.25, -0.2) is 8.42 Å². The molecule has 10 heteroatoms. The van der Waals surface area contributed by atoms with Crippen molar-refractivity contribution < 1.29 is 18.1 Å². The number of thiophene rings is 1. The highest BCUT2D eigenvalue weighted by molar-refractivity contribution is 7.90. The van der Waals surface area contributed by atoms with Crippen molar-refractivity contribution in [2.24, 2.45) is 0 Å². The average molecular weight is 426 g/mol. The number of nitrogens with one attached hydrogen (secondary N) is 1. The van der Waals surface area contributed by atoms with Gasteiger partial charge in [-0.3, -0.25) is 19.8 Å². The lowest BCUT2D eigenvalue weighted by atomic mass is 10.1. The second kappa shape index (κ2) is 9.26. The van der Waals surface area contributed by atoms with Crippen LogP contribution < -0.4 is 5.32 Å². The van der Waals surface area contributed by atoms with Crippen molar-refractivity contribution in [2.45, 2.75) is 24.8 Å². The first-order valence-electron chi connectivity index (χ1n) is 8.71. The molecule has 152 valence electrons. The van der Waals surface area contributed by atoms with Gasteiger partial charge >= 0.3 is 0 Å². The standard InChI is InChI=1S/C18H23N3O5S2/c1-4-20(5-2)17(13-6-7-27-12-13)11-19-18(22)14-8-15(21(23)24)10-16(9-14)28(3,25)26/h6-10,12,17H,4-5,11H2,1-3H3,(H,19,22). The molecule has 1 aromatic heterocycles. The smallest absolute Gasteiger partial charge is 0.271 e. The predicted octanol–water partition coefficient (Wildman–Crippen LogP) is 2.87. The molecule has 2 rings (SSSR count). The van der Waals surface area contributed by atoms with Crippen molar-refractivity contribution in [2.75, 3.05) is 25.9 Å². The van der Waals surface area contributed by atoms with E-state index in [0.717, 1.165) is 43.1 Å². The lowest BCUT2D eigenvalue weighted by molar-refractivity contribution is -0.385. The van der Waals surface area contributed by atoms with Gasteiger partial charge in [0.25, 0.3) is 11.6 Å². The van der Waals surface area contributed by atoms with E-state index in [-0.39, 0.29) is 16.5 Å². The Morgan fingerprint density at radius 2 is 1.96 bits per heavy atom. The summed E-state index contributed by atoms with van der Waals surface area (Å²) in [4.78, 5) is 25.0. The van der Waals surface area contributed by atoms with E-state index in [1.807, 2.05) is 30.7 Å². The lowest BCUT2D eigenvalue weighted by Gasteiger charge is -2.29. The minimum absolute atomic E-state index is 0.0433. The molecule has 28 heavy (non-hydrogen) atoms. The van der Waals surface area contributed by atoms with Crippen LogP contribution in [0, 0.1) is 10.1 Å². The van der Waals surface area contributed by atoms with E-state index in [9.17, 15) is 23.3 Å². The molecule has 1 amide bonds. The normalized spacial score (nSPS) is 12.7. The van der Waals surface area contributed by atoms with Gasteiger partial charge in [0.2, 0.25) is 0 Å². The zero-order chi connectivity index (χ0) is 20.9. The fraction of sp³-hybridized carbons (Fsp3) is 0.389. The number of nitro benzene ring substituents is 1.